The van der Waals surface area contributed by atoms with E-state index in [1.54, 1.807) is 25.1 Å². The molecule has 1 rings (SSSR count). The Labute approximate surface area is 108 Å². The highest BCUT2D eigenvalue weighted by molar-refractivity contribution is 7.93. The zero-order valence-electron chi connectivity index (χ0n) is 10.5. The van der Waals surface area contributed by atoms with Crippen molar-refractivity contribution < 1.29 is 13.5 Å². The number of aliphatic hydroxyl groups is 1. The summed E-state index contributed by atoms with van der Waals surface area (Å²) in [5.41, 5.74) is 6.88. The van der Waals surface area contributed by atoms with Crippen molar-refractivity contribution >= 4 is 15.7 Å². The Morgan fingerprint density at radius 1 is 1.44 bits per heavy atom. The minimum atomic E-state index is -3.43. The summed E-state index contributed by atoms with van der Waals surface area (Å²) in [6.45, 7) is 1.78. The second-order valence-electron chi connectivity index (χ2n) is 4.22. The van der Waals surface area contributed by atoms with E-state index in [4.69, 9.17) is 10.8 Å². The van der Waals surface area contributed by atoms with Crippen LogP contribution in [0.4, 0.5) is 5.69 Å². The third kappa shape index (κ3) is 4.29. The summed E-state index contributed by atoms with van der Waals surface area (Å²) in [5, 5.41) is 8.14. The molecule has 0 spiro atoms. The zero-order chi connectivity index (χ0) is 13.6. The molecular weight excluding hydrogens is 252 g/mol. The van der Waals surface area contributed by atoms with Crippen LogP contribution < -0.4 is 10.5 Å². The summed E-state index contributed by atoms with van der Waals surface area (Å²) in [5.74, 6) is 0. The van der Waals surface area contributed by atoms with Gasteiger partial charge in [0.05, 0.1) is 5.25 Å². The summed E-state index contributed by atoms with van der Waals surface area (Å²) in [4.78, 5) is 0. The number of aryl methyl sites for hydroxylation is 1. The number of rotatable bonds is 7. The molecule has 0 aliphatic rings. The van der Waals surface area contributed by atoms with Gasteiger partial charge in [-0.1, -0.05) is 12.1 Å². The fourth-order valence-electron chi connectivity index (χ4n) is 1.47. The molecular formula is C12H20N2O3S. The lowest BCUT2D eigenvalue weighted by Crippen LogP contribution is -2.31. The number of hydrogen-bond acceptors (Lipinski definition) is 4. The van der Waals surface area contributed by atoms with Crippen LogP contribution in [-0.4, -0.2) is 31.9 Å². The standard InChI is InChI=1S/C12H20N2O3S/c1-10(9-13)18(16,17)14-12-6-2-4-11(8-12)5-3-7-15/h2,4,6,8,10,14-15H,3,5,7,9,13H2,1H3. The normalized spacial score (nSPS) is 13.3. The van der Waals surface area contributed by atoms with E-state index in [1.165, 1.54) is 0 Å². The van der Waals surface area contributed by atoms with E-state index in [1.807, 2.05) is 6.07 Å². The largest absolute Gasteiger partial charge is 0.396 e. The Morgan fingerprint density at radius 3 is 2.78 bits per heavy atom. The van der Waals surface area contributed by atoms with Crippen molar-refractivity contribution in [1.29, 1.82) is 0 Å². The monoisotopic (exact) mass is 272 g/mol. The van der Waals surface area contributed by atoms with E-state index in [0.29, 0.717) is 12.1 Å². The van der Waals surface area contributed by atoms with Gasteiger partial charge in [0.25, 0.3) is 0 Å². The highest BCUT2D eigenvalue weighted by Crippen LogP contribution is 2.15. The maximum atomic E-state index is 11.8. The van der Waals surface area contributed by atoms with Gasteiger partial charge in [-0.3, -0.25) is 4.72 Å². The molecule has 0 heterocycles. The SMILES string of the molecule is CC(CN)S(=O)(=O)Nc1cccc(CCCO)c1. The number of hydrogen-bond donors (Lipinski definition) is 3. The van der Waals surface area contributed by atoms with Gasteiger partial charge in [0.15, 0.2) is 0 Å². The van der Waals surface area contributed by atoms with Crippen molar-refractivity contribution in [3.63, 3.8) is 0 Å². The van der Waals surface area contributed by atoms with Crippen LogP contribution in [0.2, 0.25) is 0 Å². The van der Waals surface area contributed by atoms with E-state index < -0.39 is 15.3 Å². The molecule has 1 unspecified atom stereocenters. The van der Waals surface area contributed by atoms with Crippen LogP contribution >= 0.6 is 0 Å². The molecule has 102 valence electrons. The topological polar surface area (TPSA) is 92.4 Å². The molecule has 0 aliphatic heterocycles. The quantitative estimate of drug-likeness (QED) is 0.681. The van der Waals surface area contributed by atoms with Gasteiger partial charge in [-0.2, -0.15) is 0 Å². The molecule has 4 N–H and O–H groups in total. The lowest BCUT2D eigenvalue weighted by Gasteiger charge is -2.13. The van der Waals surface area contributed by atoms with Gasteiger partial charge in [-0.25, -0.2) is 8.42 Å². The minimum Gasteiger partial charge on any atom is -0.396 e. The predicted molar refractivity (Wildman–Crippen MR) is 72.9 cm³/mol. The van der Waals surface area contributed by atoms with Crippen LogP contribution in [0.25, 0.3) is 0 Å². The summed E-state index contributed by atoms with van der Waals surface area (Å²) in [7, 11) is -3.43. The Morgan fingerprint density at radius 2 is 2.17 bits per heavy atom. The van der Waals surface area contributed by atoms with Gasteiger partial charge in [0.2, 0.25) is 10.0 Å². The van der Waals surface area contributed by atoms with Crippen LogP contribution in [0.3, 0.4) is 0 Å². The van der Waals surface area contributed by atoms with Gasteiger partial charge in [0.1, 0.15) is 0 Å². The van der Waals surface area contributed by atoms with E-state index in [9.17, 15) is 8.42 Å². The minimum absolute atomic E-state index is 0.0829. The van der Waals surface area contributed by atoms with E-state index in [-0.39, 0.29) is 13.2 Å². The Hall–Kier alpha value is -1.11. The molecule has 0 amide bonds. The van der Waals surface area contributed by atoms with Gasteiger partial charge in [0, 0.05) is 18.8 Å². The molecule has 0 fully saturated rings. The van der Waals surface area contributed by atoms with E-state index >= 15 is 0 Å². The highest BCUT2D eigenvalue weighted by atomic mass is 32.2. The van der Waals surface area contributed by atoms with Gasteiger partial charge >= 0.3 is 0 Å². The molecule has 5 nitrogen and oxygen atoms in total. The first kappa shape index (κ1) is 14.9. The van der Waals surface area contributed by atoms with Crippen LogP contribution in [0, 0.1) is 0 Å². The smallest absolute Gasteiger partial charge is 0.236 e. The summed E-state index contributed by atoms with van der Waals surface area (Å²) < 4.78 is 26.2. The lowest BCUT2D eigenvalue weighted by molar-refractivity contribution is 0.288. The fourth-order valence-corrected chi connectivity index (χ4v) is 2.38. The number of sulfonamides is 1. The molecule has 0 aromatic heterocycles. The predicted octanol–water partition coefficient (Wildman–Crippen LogP) is 0.700. The van der Waals surface area contributed by atoms with Crippen LogP contribution in [0.1, 0.15) is 18.9 Å². The molecule has 1 aromatic carbocycles. The van der Waals surface area contributed by atoms with Crippen molar-refractivity contribution in [2.75, 3.05) is 17.9 Å². The summed E-state index contributed by atoms with van der Waals surface area (Å²) >= 11 is 0. The third-order valence-corrected chi connectivity index (χ3v) is 4.44. The van der Waals surface area contributed by atoms with Crippen LogP contribution in [0.15, 0.2) is 24.3 Å². The first-order chi connectivity index (χ1) is 8.49. The summed E-state index contributed by atoms with van der Waals surface area (Å²) in [6, 6.07) is 7.16. The average molecular weight is 272 g/mol. The van der Waals surface area contributed by atoms with Crippen molar-refractivity contribution in [1.82, 2.24) is 0 Å². The third-order valence-electron chi connectivity index (χ3n) is 2.67. The Kier molecular flexibility index (Phi) is 5.58. The van der Waals surface area contributed by atoms with Crippen molar-refractivity contribution in [3.8, 4) is 0 Å². The fraction of sp³-hybridized carbons (Fsp3) is 0.500. The molecule has 6 heteroatoms. The zero-order valence-corrected chi connectivity index (χ0v) is 11.3. The van der Waals surface area contributed by atoms with E-state index in [2.05, 4.69) is 4.72 Å². The molecule has 18 heavy (non-hydrogen) atoms. The molecule has 1 atom stereocenters. The van der Waals surface area contributed by atoms with E-state index in [0.717, 1.165) is 12.0 Å². The van der Waals surface area contributed by atoms with Gasteiger partial charge in [-0.15, -0.1) is 0 Å². The van der Waals surface area contributed by atoms with Crippen LogP contribution in [-0.2, 0) is 16.4 Å². The maximum Gasteiger partial charge on any atom is 0.236 e. The first-order valence-corrected chi connectivity index (χ1v) is 7.45. The maximum absolute atomic E-state index is 11.8. The number of nitrogens with one attached hydrogen (secondary N) is 1. The Balaban J connectivity index is 2.79. The Bertz CT molecular complexity index is 474. The van der Waals surface area contributed by atoms with Crippen molar-refractivity contribution in [2.24, 2.45) is 5.73 Å². The number of nitrogens with two attached hydrogens (primary N) is 1. The molecule has 0 bridgehead atoms. The number of benzene rings is 1. The van der Waals surface area contributed by atoms with Crippen molar-refractivity contribution in [2.45, 2.75) is 25.0 Å². The highest BCUT2D eigenvalue weighted by Gasteiger charge is 2.18. The van der Waals surface area contributed by atoms with Crippen molar-refractivity contribution in [3.05, 3.63) is 29.8 Å². The molecule has 0 saturated heterocycles. The average Bonchev–Trinajstić information content (AvgIpc) is 2.35. The number of aliphatic hydroxyl groups excluding tert-OH is 1. The molecule has 0 aliphatic carbocycles. The molecule has 0 radical (unpaired) electrons. The van der Waals surface area contributed by atoms with Gasteiger partial charge < -0.3 is 10.8 Å². The van der Waals surface area contributed by atoms with Gasteiger partial charge in [-0.05, 0) is 37.5 Å². The molecule has 1 aromatic rings. The second kappa shape index (κ2) is 6.72. The molecule has 0 saturated carbocycles. The second-order valence-corrected chi connectivity index (χ2v) is 6.32. The number of anilines is 1. The van der Waals surface area contributed by atoms with Crippen LogP contribution in [0.5, 0.6) is 0 Å². The lowest BCUT2D eigenvalue weighted by atomic mass is 10.1. The first-order valence-electron chi connectivity index (χ1n) is 5.91. The summed E-state index contributed by atoms with van der Waals surface area (Å²) in [6.07, 6.45) is 1.38.